The molecule has 0 radical (unpaired) electrons. The lowest BCUT2D eigenvalue weighted by Gasteiger charge is -2.34. The van der Waals surface area contributed by atoms with Crippen LogP contribution in [0.15, 0.2) is 0 Å². The molecular formula is C10H17N3O2. The molecule has 0 atom stereocenters. The smallest absolute Gasteiger partial charge is 0.320 e. The number of nitrogens with zero attached hydrogens (tertiary/aromatic N) is 2. The molecule has 84 valence electrons. The van der Waals surface area contributed by atoms with E-state index in [9.17, 15) is 9.59 Å². The van der Waals surface area contributed by atoms with Gasteiger partial charge in [-0.15, -0.1) is 0 Å². The summed E-state index contributed by atoms with van der Waals surface area (Å²) in [6.45, 7) is 3.13. The second-order valence-corrected chi connectivity index (χ2v) is 4.10. The number of hydrogen-bond acceptors (Lipinski definition) is 2. The topological polar surface area (TPSA) is 52.7 Å². The number of piperazine rings is 1. The molecule has 2 aliphatic heterocycles. The van der Waals surface area contributed by atoms with Crippen molar-refractivity contribution in [3.05, 3.63) is 0 Å². The van der Waals surface area contributed by atoms with Crippen LogP contribution in [0.25, 0.3) is 0 Å². The standard InChI is InChI=1S/C10H17N3O2/c14-9-8-13(7-4-11-9)10(15)12-5-2-1-3-6-12/h1-8H2,(H,11,14). The van der Waals surface area contributed by atoms with E-state index in [2.05, 4.69) is 5.32 Å². The number of hydrogen-bond donors (Lipinski definition) is 1. The third-order valence-corrected chi connectivity index (χ3v) is 2.94. The third kappa shape index (κ3) is 2.40. The number of likely N-dealkylation sites (tertiary alicyclic amines) is 1. The summed E-state index contributed by atoms with van der Waals surface area (Å²) in [6.07, 6.45) is 3.39. The fraction of sp³-hybridized carbons (Fsp3) is 0.800. The van der Waals surface area contributed by atoms with Crippen LogP contribution in [0.2, 0.25) is 0 Å². The van der Waals surface area contributed by atoms with Crippen molar-refractivity contribution < 1.29 is 9.59 Å². The number of carbonyl (C=O) groups is 2. The summed E-state index contributed by atoms with van der Waals surface area (Å²) in [4.78, 5) is 26.6. The number of urea groups is 1. The molecule has 5 nitrogen and oxygen atoms in total. The van der Waals surface area contributed by atoms with E-state index in [0.29, 0.717) is 13.1 Å². The number of nitrogens with one attached hydrogen (secondary N) is 1. The molecule has 0 aromatic carbocycles. The van der Waals surface area contributed by atoms with Crippen molar-refractivity contribution in [2.24, 2.45) is 0 Å². The number of rotatable bonds is 0. The lowest BCUT2D eigenvalue weighted by atomic mass is 10.1. The predicted molar refractivity (Wildman–Crippen MR) is 55.4 cm³/mol. The monoisotopic (exact) mass is 211 g/mol. The van der Waals surface area contributed by atoms with Crippen molar-refractivity contribution >= 4 is 11.9 Å². The van der Waals surface area contributed by atoms with Gasteiger partial charge in [-0.05, 0) is 19.3 Å². The van der Waals surface area contributed by atoms with Gasteiger partial charge in [0.25, 0.3) is 0 Å². The van der Waals surface area contributed by atoms with Crippen LogP contribution in [-0.4, -0.2) is 54.5 Å². The zero-order chi connectivity index (χ0) is 10.7. The van der Waals surface area contributed by atoms with Gasteiger partial charge in [0.15, 0.2) is 0 Å². The number of carbonyl (C=O) groups excluding carboxylic acids is 2. The first kappa shape index (κ1) is 10.3. The van der Waals surface area contributed by atoms with Crippen molar-refractivity contribution in [3.63, 3.8) is 0 Å². The molecule has 2 aliphatic rings. The summed E-state index contributed by atoms with van der Waals surface area (Å²) in [6, 6.07) is 0.0320. The molecule has 2 saturated heterocycles. The summed E-state index contributed by atoms with van der Waals surface area (Å²) >= 11 is 0. The van der Waals surface area contributed by atoms with Crippen molar-refractivity contribution in [2.45, 2.75) is 19.3 Å². The summed E-state index contributed by atoms with van der Waals surface area (Å²) in [5.74, 6) is -0.0494. The Morgan fingerprint density at radius 2 is 1.80 bits per heavy atom. The molecule has 0 aliphatic carbocycles. The van der Waals surface area contributed by atoms with E-state index in [4.69, 9.17) is 0 Å². The molecule has 1 N–H and O–H groups in total. The Morgan fingerprint density at radius 1 is 1.07 bits per heavy atom. The van der Waals surface area contributed by atoms with E-state index in [1.165, 1.54) is 6.42 Å². The Morgan fingerprint density at radius 3 is 2.47 bits per heavy atom. The summed E-state index contributed by atoms with van der Waals surface area (Å²) in [5, 5.41) is 2.72. The van der Waals surface area contributed by atoms with Crippen LogP contribution < -0.4 is 5.32 Å². The average molecular weight is 211 g/mol. The molecule has 2 rings (SSSR count). The average Bonchev–Trinajstić information content (AvgIpc) is 2.29. The quantitative estimate of drug-likeness (QED) is 0.614. The van der Waals surface area contributed by atoms with Crippen LogP contribution in [0.4, 0.5) is 4.79 Å². The zero-order valence-electron chi connectivity index (χ0n) is 8.87. The van der Waals surface area contributed by atoms with E-state index in [0.717, 1.165) is 25.9 Å². The van der Waals surface area contributed by atoms with E-state index in [-0.39, 0.29) is 18.5 Å². The van der Waals surface area contributed by atoms with Crippen LogP contribution in [0, 0.1) is 0 Å². The lowest BCUT2D eigenvalue weighted by molar-refractivity contribution is -0.123. The van der Waals surface area contributed by atoms with Crippen molar-refractivity contribution in [1.29, 1.82) is 0 Å². The molecule has 0 unspecified atom stereocenters. The molecular weight excluding hydrogens is 194 g/mol. The van der Waals surface area contributed by atoms with Gasteiger partial charge in [-0.1, -0.05) is 0 Å². The lowest BCUT2D eigenvalue weighted by Crippen LogP contribution is -2.54. The molecule has 0 aromatic rings. The van der Waals surface area contributed by atoms with Crippen LogP contribution in [-0.2, 0) is 4.79 Å². The second-order valence-electron chi connectivity index (χ2n) is 4.10. The Bertz CT molecular complexity index is 261. The Balaban J connectivity index is 1.90. The Kier molecular flexibility index (Phi) is 3.08. The number of piperidine rings is 1. The largest absolute Gasteiger partial charge is 0.353 e. The minimum Gasteiger partial charge on any atom is -0.353 e. The number of amides is 3. The summed E-state index contributed by atoms with van der Waals surface area (Å²) < 4.78 is 0. The van der Waals surface area contributed by atoms with Crippen LogP contribution in [0.3, 0.4) is 0 Å². The molecule has 0 aromatic heterocycles. The molecule has 0 saturated carbocycles. The maximum absolute atomic E-state index is 12.0. The fourth-order valence-electron chi connectivity index (χ4n) is 2.09. The highest BCUT2D eigenvalue weighted by molar-refractivity contribution is 5.85. The summed E-state index contributed by atoms with van der Waals surface area (Å²) in [5.41, 5.74) is 0. The minimum absolute atomic E-state index is 0.0320. The van der Waals surface area contributed by atoms with Gasteiger partial charge >= 0.3 is 6.03 Å². The molecule has 5 heteroatoms. The van der Waals surface area contributed by atoms with Crippen molar-refractivity contribution in [1.82, 2.24) is 15.1 Å². The van der Waals surface area contributed by atoms with Gasteiger partial charge in [-0.2, -0.15) is 0 Å². The molecule has 2 heterocycles. The van der Waals surface area contributed by atoms with Gasteiger partial charge in [0.1, 0.15) is 6.54 Å². The molecule has 3 amide bonds. The van der Waals surface area contributed by atoms with Crippen LogP contribution in [0.1, 0.15) is 19.3 Å². The van der Waals surface area contributed by atoms with Gasteiger partial charge in [-0.3, -0.25) is 4.79 Å². The van der Waals surface area contributed by atoms with Gasteiger partial charge in [0.2, 0.25) is 5.91 Å². The second kappa shape index (κ2) is 4.51. The Labute approximate surface area is 89.4 Å². The van der Waals surface area contributed by atoms with E-state index >= 15 is 0 Å². The Hall–Kier alpha value is -1.26. The normalized spacial score (nSPS) is 22.5. The van der Waals surface area contributed by atoms with Crippen molar-refractivity contribution in [3.8, 4) is 0 Å². The molecule has 0 spiro atoms. The van der Waals surface area contributed by atoms with Gasteiger partial charge in [-0.25, -0.2) is 4.79 Å². The molecule has 15 heavy (non-hydrogen) atoms. The van der Waals surface area contributed by atoms with Crippen LogP contribution in [0.5, 0.6) is 0 Å². The molecule has 0 bridgehead atoms. The molecule has 2 fully saturated rings. The first-order valence-electron chi connectivity index (χ1n) is 5.58. The van der Waals surface area contributed by atoms with E-state index < -0.39 is 0 Å². The van der Waals surface area contributed by atoms with Gasteiger partial charge in [0.05, 0.1) is 0 Å². The third-order valence-electron chi connectivity index (χ3n) is 2.94. The highest BCUT2D eigenvalue weighted by atomic mass is 16.2. The first-order chi connectivity index (χ1) is 7.27. The maximum Gasteiger partial charge on any atom is 0.320 e. The highest BCUT2D eigenvalue weighted by Crippen LogP contribution is 2.11. The fourth-order valence-corrected chi connectivity index (χ4v) is 2.09. The SMILES string of the molecule is O=C1CN(C(=O)N2CCCCC2)CCN1. The first-order valence-corrected chi connectivity index (χ1v) is 5.58. The van der Waals surface area contributed by atoms with E-state index in [1.807, 2.05) is 4.90 Å². The predicted octanol–water partition coefficient (Wildman–Crippen LogP) is 0.0241. The van der Waals surface area contributed by atoms with Gasteiger partial charge < -0.3 is 15.1 Å². The van der Waals surface area contributed by atoms with Crippen LogP contribution >= 0.6 is 0 Å². The van der Waals surface area contributed by atoms with E-state index in [1.54, 1.807) is 4.90 Å². The van der Waals surface area contributed by atoms with Crippen molar-refractivity contribution in [2.75, 3.05) is 32.7 Å². The van der Waals surface area contributed by atoms with Gasteiger partial charge in [0, 0.05) is 26.2 Å². The maximum atomic E-state index is 12.0. The highest BCUT2D eigenvalue weighted by Gasteiger charge is 2.26. The minimum atomic E-state index is -0.0494. The zero-order valence-corrected chi connectivity index (χ0v) is 8.87. The summed E-state index contributed by atoms with van der Waals surface area (Å²) in [7, 11) is 0.